The molecule has 2 N–H and O–H groups in total. The fourth-order valence-electron chi connectivity index (χ4n) is 2.86. The highest BCUT2D eigenvalue weighted by molar-refractivity contribution is 7.92. The monoisotopic (exact) mass is 490 g/mol. The summed E-state index contributed by atoms with van der Waals surface area (Å²) >= 11 is 5.92. The normalized spacial score (nSPS) is 11.9. The Kier molecular flexibility index (Phi) is 7.67. The largest absolute Gasteiger partial charge is 0.497 e. The van der Waals surface area contributed by atoms with E-state index in [4.69, 9.17) is 25.8 Å². The molecule has 0 unspecified atom stereocenters. The van der Waals surface area contributed by atoms with Crippen molar-refractivity contribution in [3.63, 3.8) is 0 Å². The van der Waals surface area contributed by atoms with Crippen LogP contribution in [0.5, 0.6) is 17.2 Å². The van der Waals surface area contributed by atoms with Gasteiger partial charge in [0.15, 0.2) is 6.10 Å². The summed E-state index contributed by atoms with van der Waals surface area (Å²) in [4.78, 5) is 12.4. The fraction of sp³-hybridized carbons (Fsp3) is 0.174. The molecule has 0 aromatic heterocycles. The highest BCUT2D eigenvalue weighted by Crippen LogP contribution is 2.31. The number of benzene rings is 3. The number of carbonyl (C=O) groups excluding carboxylic acids is 1. The summed E-state index contributed by atoms with van der Waals surface area (Å²) in [6.45, 7) is 1.60. The third-order valence-corrected chi connectivity index (χ3v) is 6.18. The first-order valence-electron chi connectivity index (χ1n) is 9.80. The molecule has 0 aliphatic heterocycles. The van der Waals surface area contributed by atoms with Crippen LogP contribution in [0.3, 0.4) is 0 Å². The number of sulfonamides is 1. The van der Waals surface area contributed by atoms with Crippen LogP contribution in [0, 0.1) is 0 Å². The lowest BCUT2D eigenvalue weighted by atomic mass is 10.3. The molecule has 3 rings (SSSR count). The molecular formula is C23H23ClN2O6S. The SMILES string of the molecule is COc1ccc(OC)c(NS(=O)(=O)c2ccc(NC(=O)[C@H](C)Oc3cccc(Cl)c3)cc2)c1. The molecule has 1 amide bonds. The van der Waals surface area contributed by atoms with E-state index in [1.807, 2.05) is 0 Å². The number of rotatable bonds is 9. The zero-order chi connectivity index (χ0) is 24.0. The fourth-order valence-corrected chi connectivity index (χ4v) is 4.10. The lowest BCUT2D eigenvalue weighted by Gasteiger charge is -2.15. The van der Waals surface area contributed by atoms with Crippen LogP contribution in [-0.4, -0.2) is 34.6 Å². The average molecular weight is 491 g/mol. The van der Waals surface area contributed by atoms with E-state index in [9.17, 15) is 13.2 Å². The van der Waals surface area contributed by atoms with Gasteiger partial charge >= 0.3 is 0 Å². The van der Waals surface area contributed by atoms with Gasteiger partial charge in [-0.3, -0.25) is 9.52 Å². The lowest BCUT2D eigenvalue weighted by Crippen LogP contribution is -2.30. The minimum Gasteiger partial charge on any atom is -0.497 e. The number of halogens is 1. The molecule has 10 heteroatoms. The Morgan fingerprint density at radius 1 is 0.939 bits per heavy atom. The summed E-state index contributed by atoms with van der Waals surface area (Å²) in [5.41, 5.74) is 0.653. The summed E-state index contributed by atoms with van der Waals surface area (Å²) < 4.78 is 44.1. The van der Waals surface area contributed by atoms with Gasteiger partial charge in [0.25, 0.3) is 15.9 Å². The zero-order valence-electron chi connectivity index (χ0n) is 18.2. The van der Waals surface area contributed by atoms with Crippen LogP contribution in [0.4, 0.5) is 11.4 Å². The van der Waals surface area contributed by atoms with Crippen LogP contribution in [0.25, 0.3) is 0 Å². The van der Waals surface area contributed by atoms with Gasteiger partial charge < -0.3 is 19.5 Å². The summed E-state index contributed by atoms with van der Waals surface area (Å²) in [7, 11) is -0.994. The lowest BCUT2D eigenvalue weighted by molar-refractivity contribution is -0.122. The molecule has 0 bridgehead atoms. The Morgan fingerprint density at radius 2 is 1.67 bits per heavy atom. The first-order valence-corrected chi connectivity index (χ1v) is 11.7. The Hall–Kier alpha value is -3.43. The van der Waals surface area contributed by atoms with Gasteiger partial charge in [-0.05, 0) is 61.5 Å². The molecule has 8 nitrogen and oxygen atoms in total. The molecule has 0 saturated carbocycles. The number of nitrogens with one attached hydrogen (secondary N) is 2. The van der Waals surface area contributed by atoms with Gasteiger partial charge in [-0.15, -0.1) is 0 Å². The van der Waals surface area contributed by atoms with Crippen molar-refractivity contribution in [3.05, 3.63) is 71.8 Å². The van der Waals surface area contributed by atoms with Crippen LogP contribution in [0.1, 0.15) is 6.92 Å². The van der Waals surface area contributed by atoms with Crippen molar-refractivity contribution < 1.29 is 27.4 Å². The summed E-state index contributed by atoms with van der Waals surface area (Å²) in [5, 5.41) is 3.19. The minimum absolute atomic E-state index is 0.00796. The molecule has 174 valence electrons. The second-order valence-corrected chi connectivity index (χ2v) is 9.02. The van der Waals surface area contributed by atoms with Gasteiger partial charge in [0, 0.05) is 16.8 Å². The quantitative estimate of drug-likeness (QED) is 0.455. The maximum Gasteiger partial charge on any atom is 0.265 e. The smallest absolute Gasteiger partial charge is 0.265 e. The second kappa shape index (κ2) is 10.5. The molecule has 3 aromatic rings. The highest BCUT2D eigenvalue weighted by Gasteiger charge is 2.19. The number of methoxy groups -OCH3 is 2. The summed E-state index contributed by atoms with van der Waals surface area (Å²) in [6, 6.07) is 17.2. The molecule has 0 heterocycles. The van der Waals surface area contributed by atoms with Gasteiger partial charge in [0.05, 0.1) is 24.8 Å². The second-order valence-electron chi connectivity index (χ2n) is 6.90. The molecule has 0 aliphatic carbocycles. The minimum atomic E-state index is -3.91. The van der Waals surface area contributed by atoms with Gasteiger partial charge in [-0.2, -0.15) is 0 Å². The van der Waals surface area contributed by atoms with Crippen LogP contribution in [0.2, 0.25) is 5.02 Å². The highest BCUT2D eigenvalue weighted by atomic mass is 35.5. The number of anilines is 2. The van der Waals surface area contributed by atoms with Crippen molar-refractivity contribution in [2.45, 2.75) is 17.9 Å². The van der Waals surface area contributed by atoms with Crippen molar-refractivity contribution in [1.29, 1.82) is 0 Å². The third-order valence-electron chi connectivity index (χ3n) is 4.56. The molecular weight excluding hydrogens is 468 g/mol. The van der Waals surface area contributed by atoms with Crippen molar-refractivity contribution in [2.75, 3.05) is 24.3 Å². The van der Waals surface area contributed by atoms with Crippen molar-refractivity contribution in [3.8, 4) is 17.2 Å². The molecule has 1 atom stereocenters. The van der Waals surface area contributed by atoms with Gasteiger partial charge in [-0.25, -0.2) is 8.42 Å². The molecule has 0 aliphatic rings. The Morgan fingerprint density at radius 3 is 2.30 bits per heavy atom. The van der Waals surface area contributed by atoms with Crippen LogP contribution < -0.4 is 24.2 Å². The molecule has 0 fully saturated rings. The van der Waals surface area contributed by atoms with E-state index in [0.29, 0.717) is 28.0 Å². The first-order chi connectivity index (χ1) is 15.7. The maximum absolute atomic E-state index is 12.8. The molecule has 3 aromatic carbocycles. The van der Waals surface area contributed by atoms with Crippen LogP contribution >= 0.6 is 11.6 Å². The predicted octanol–water partition coefficient (Wildman–Crippen LogP) is 4.56. The number of hydrogen-bond acceptors (Lipinski definition) is 6. The molecule has 0 saturated heterocycles. The first kappa shape index (κ1) is 24.2. The Balaban J connectivity index is 1.68. The van der Waals surface area contributed by atoms with E-state index >= 15 is 0 Å². The number of amides is 1. The van der Waals surface area contributed by atoms with Crippen molar-refractivity contribution in [1.82, 2.24) is 0 Å². The molecule has 0 spiro atoms. The Labute approximate surface area is 197 Å². The Bertz CT molecular complexity index is 1230. The summed E-state index contributed by atoms with van der Waals surface area (Å²) in [6.07, 6.45) is -0.797. The molecule has 33 heavy (non-hydrogen) atoms. The van der Waals surface area contributed by atoms with E-state index in [-0.39, 0.29) is 10.6 Å². The average Bonchev–Trinajstić information content (AvgIpc) is 2.79. The number of hydrogen-bond donors (Lipinski definition) is 2. The van der Waals surface area contributed by atoms with Gasteiger partial charge in [-0.1, -0.05) is 17.7 Å². The maximum atomic E-state index is 12.8. The van der Waals surface area contributed by atoms with Crippen molar-refractivity contribution in [2.24, 2.45) is 0 Å². The standard InChI is InChI=1S/C23H23ClN2O6S/c1-15(32-19-6-4-5-16(24)13-19)23(27)25-17-7-10-20(11-8-17)33(28,29)26-21-14-18(30-2)9-12-22(21)31-3/h4-15,26H,1-3H3,(H,25,27)/t15-/m0/s1. The van der Waals surface area contributed by atoms with E-state index < -0.39 is 22.0 Å². The molecule has 0 radical (unpaired) electrons. The number of ether oxygens (including phenoxy) is 3. The van der Waals surface area contributed by atoms with Crippen LogP contribution in [-0.2, 0) is 14.8 Å². The van der Waals surface area contributed by atoms with Crippen LogP contribution in [0.15, 0.2) is 71.6 Å². The van der Waals surface area contributed by atoms with Gasteiger partial charge in [0.2, 0.25) is 0 Å². The van der Waals surface area contributed by atoms with E-state index in [2.05, 4.69) is 10.0 Å². The van der Waals surface area contributed by atoms with E-state index in [1.54, 1.807) is 43.3 Å². The predicted molar refractivity (Wildman–Crippen MR) is 127 cm³/mol. The third kappa shape index (κ3) is 6.30. The van der Waals surface area contributed by atoms with Crippen molar-refractivity contribution >= 4 is 38.9 Å². The van der Waals surface area contributed by atoms with E-state index in [1.165, 1.54) is 44.6 Å². The topological polar surface area (TPSA) is 103 Å². The number of carbonyl (C=O) groups is 1. The zero-order valence-corrected chi connectivity index (χ0v) is 19.7. The van der Waals surface area contributed by atoms with E-state index in [0.717, 1.165) is 0 Å². The summed E-state index contributed by atoms with van der Waals surface area (Å²) in [5.74, 6) is 0.882. The van der Waals surface area contributed by atoms with Gasteiger partial charge in [0.1, 0.15) is 17.2 Å².